The van der Waals surface area contributed by atoms with Gasteiger partial charge in [-0.05, 0) is 84.0 Å². The Morgan fingerprint density at radius 2 is 1.75 bits per heavy atom. The second-order valence-electron chi connectivity index (χ2n) is 7.61. The number of fused-ring (bicyclic) bond motifs is 1. The van der Waals surface area contributed by atoms with E-state index in [9.17, 15) is 0 Å². The Morgan fingerprint density at radius 3 is 2.45 bits per heavy atom. The standard InChI is InChI=1S/C20H32/c1-15(2)18-12-14-20(5)13-11-17(4)8-6-7-16(3)9-10-19(18)20/h7,11,19H,6,8-10,12-14H2,1-5H3/t19-,20-/m1/s1. The lowest BCUT2D eigenvalue weighted by Gasteiger charge is -2.32. The number of hydrogen-bond acceptors (Lipinski definition) is 0. The minimum atomic E-state index is 0.498. The number of hydrogen-bond donors (Lipinski definition) is 0. The second kappa shape index (κ2) is 6.33. The molecule has 1 saturated carbocycles. The summed E-state index contributed by atoms with van der Waals surface area (Å²) in [6.07, 6.45) is 14.1. The van der Waals surface area contributed by atoms with Crippen LogP contribution in [0.3, 0.4) is 0 Å². The van der Waals surface area contributed by atoms with Crippen LogP contribution in [0, 0.1) is 11.3 Å². The zero-order chi connectivity index (χ0) is 14.8. The van der Waals surface area contributed by atoms with Gasteiger partial charge in [-0.1, -0.05) is 41.4 Å². The maximum Gasteiger partial charge on any atom is -0.0141 e. The van der Waals surface area contributed by atoms with Gasteiger partial charge in [-0.25, -0.2) is 0 Å². The van der Waals surface area contributed by atoms with Crippen molar-refractivity contribution in [3.8, 4) is 0 Å². The zero-order valence-electron chi connectivity index (χ0n) is 14.2. The Bertz CT molecular complexity index is 443. The molecule has 0 nitrogen and oxygen atoms in total. The van der Waals surface area contributed by atoms with Gasteiger partial charge in [0.15, 0.2) is 0 Å². The normalized spacial score (nSPS) is 32.0. The molecule has 0 spiro atoms. The van der Waals surface area contributed by atoms with Crippen molar-refractivity contribution in [3.63, 3.8) is 0 Å². The third-order valence-corrected chi connectivity index (χ3v) is 5.65. The zero-order valence-corrected chi connectivity index (χ0v) is 14.2. The summed E-state index contributed by atoms with van der Waals surface area (Å²) in [7, 11) is 0. The maximum atomic E-state index is 2.54. The van der Waals surface area contributed by atoms with Gasteiger partial charge in [0.05, 0.1) is 0 Å². The first kappa shape index (κ1) is 15.6. The number of rotatable bonds is 0. The Labute approximate surface area is 126 Å². The van der Waals surface area contributed by atoms with Gasteiger partial charge in [0, 0.05) is 0 Å². The summed E-state index contributed by atoms with van der Waals surface area (Å²) < 4.78 is 0. The van der Waals surface area contributed by atoms with E-state index in [-0.39, 0.29) is 0 Å². The summed E-state index contributed by atoms with van der Waals surface area (Å²) in [4.78, 5) is 0. The average molecular weight is 272 g/mol. The quantitative estimate of drug-likeness (QED) is 0.436. The molecule has 0 heteroatoms. The van der Waals surface area contributed by atoms with Crippen molar-refractivity contribution < 1.29 is 0 Å². The van der Waals surface area contributed by atoms with Crippen LogP contribution >= 0.6 is 0 Å². The summed E-state index contributed by atoms with van der Waals surface area (Å²) in [6.45, 7) is 11.8. The first-order valence-electron chi connectivity index (χ1n) is 8.40. The molecule has 0 aliphatic heterocycles. The van der Waals surface area contributed by atoms with Crippen LogP contribution in [-0.4, -0.2) is 0 Å². The minimum Gasteiger partial charge on any atom is -0.0853 e. The van der Waals surface area contributed by atoms with Crippen LogP contribution in [0.4, 0.5) is 0 Å². The van der Waals surface area contributed by atoms with E-state index >= 15 is 0 Å². The van der Waals surface area contributed by atoms with Gasteiger partial charge in [-0.15, -0.1) is 0 Å². The highest BCUT2D eigenvalue weighted by atomic mass is 14.5. The van der Waals surface area contributed by atoms with Crippen molar-refractivity contribution in [1.82, 2.24) is 0 Å². The highest BCUT2D eigenvalue weighted by molar-refractivity contribution is 5.23. The minimum absolute atomic E-state index is 0.498. The molecule has 0 radical (unpaired) electrons. The Kier molecular flexibility index (Phi) is 4.94. The molecule has 2 aliphatic rings. The fourth-order valence-electron chi connectivity index (χ4n) is 4.08. The van der Waals surface area contributed by atoms with Crippen molar-refractivity contribution >= 4 is 0 Å². The summed E-state index contributed by atoms with van der Waals surface area (Å²) in [5.74, 6) is 0.804. The lowest BCUT2D eigenvalue weighted by molar-refractivity contribution is 0.238. The fourth-order valence-corrected chi connectivity index (χ4v) is 4.08. The fraction of sp³-hybridized carbons (Fsp3) is 0.700. The molecule has 2 atom stereocenters. The predicted molar refractivity (Wildman–Crippen MR) is 89.8 cm³/mol. The molecular weight excluding hydrogens is 240 g/mol. The largest absolute Gasteiger partial charge is 0.0853 e. The SMILES string of the molecule is CC1=CC[C@]2(C)CCC(=C(C)C)[C@H]2CCC(C)=CCC1. The molecule has 20 heavy (non-hydrogen) atoms. The van der Waals surface area contributed by atoms with Gasteiger partial charge in [-0.3, -0.25) is 0 Å². The van der Waals surface area contributed by atoms with E-state index in [0.717, 1.165) is 5.92 Å². The Balaban J connectivity index is 2.31. The van der Waals surface area contributed by atoms with Gasteiger partial charge in [0.25, 0.3) is 0 Å². The summed E-state index contributed by atoms with van der Waals surface area (Å²) in [5, 5.41) is 0. The first-order valence-corrected chi connectivity index (χ1v) is 8.40. The molecule has 0 saturated heterocycles. The van der Waals surface area contributed by atoms with Crippen LogP contribution in [-0.2, 0) is 0 Å². The van der Waals surface area contributed by atoms with E-state index in [2.05, 4.69) is 46.8 Å². The predicted octanol–water partition coefficient (Wildman–Crippen LogP) is 6.60. The third kappa shape index (κ3) is 3.45. The van der Waals surface area contributed by atoms with Gasteiger partial charge in [0.2, 0.25) is 0 Å². The monoisotopic (exact) mass is 272 g/mol. The molecule has 0 N–H and O–H groups in total. The third-order valence-electron chi connectivity index (χ3n) is 5.65. The van der Waals surface area contributed by atoms with Gasteiger partial charge in [-0.2, -0.15) is 0 Å². The lowest BCUT2D eigenvalue weighted by Crippen LogP contribution is -2.22. The van der Waals surface area contributed by atoms with Crippen molar-refractivity contribution in [1.29, 1.82) is 0 Å². The summed E-state index contributed by atoms with van der Waals surface area (Å²) >= 11 is 0. The number of allylic oxidation sites excluding steroid dienone is 6. The Hall–Kier alpha value is -0.780. The van der Waals surface area contributed by atoms with Crippen LogP contribution in [0.25, 0.3) is 0 Å². The van der Waals surface area contributed by atoms with Crippen LogP contribution in [0.2, 0.25) is 0 Å². The summed E-state index contributed by atoms with van der Waals surface area (Å²) in [5.41, 5.74) is 7.03. The smallest absolute Gasteiger partial charge is 0.0141 e. The van der Waals surface area contributed by atoms with E-state index < -0.39 is 0 Å². The van der Waals surface area contributed by atoms with E-state index in [1.165, 1.54) is 44.9 Å². The van der Waals surface area contributed by atoms with Crippen LogP contribution < -0.4 is 0 Å². The van der Waals surface area contributed by atoms with Gasteiger partial charge >= 0.3 is 0 Å². The van der Waals surface area contributed by atoms with E-state index in [1.54, 1.807) is 22.3 Å². The van der Waals surface area contributed by atoms with Crippen LogP contribution in [0.5, 0.6) is 0 Å². The van der Waals surface area contributed by atoms with E-state index in [1.807, 2.05) is 0 Å². The molecule has 0 heterocycles. The highest BCUT2D eigenvalue weighted by Crippen LogP contribution is 2.52. The molecule has 0 aromatic rings. The molecule has 2 rings (SSSR count). The maximum absolute atomic E-state index is 2.54. The molecule has 0 aromatic carbocycles. The molecule has 0 unspecified atom stereocenters. The molecule has 0 aromatic heterocycles. The van der Waals surface area contributed by atoms with Gasteiger partial charge in [0.1, 0.15) is 0 Å². The van der Waals surface area contributed by atoms with Crippen molar-refractivity contribution in [2.24, 2.45) is 11.3 Å². The molecular formula is C20H32. The van der Waals surface area contributed by atoms with Crippen molar-refractivity contribution in [2.75, 3.05) is 0 Å². The molecule has 0 amide bonds. The van der Waals surface area contributed by atoms with E-state index in [4.69, 9.17) is 0 Å². The van der Waals surface area contributed by atoms with Crippen LogP contribution in [0.15, 0.2) is 34.4 Å². The second-order valence-corrected chi connectivity index (χ2v) is 7.61. The molecule has 1 fully saturated rings. The average Bonchev–Trinajstić information content (AvgIpc) is 2.70. The van der Waals surface area contributed by atoms with Crippen molar-refractivity contribution in [3.05, 3.63) is 34.4 Å². The lowest BCUT2D eigenvalue weighted by atomic mass is 9.72. The van der Waals surface area contributed by atoms with Crippen LogP contribution in [0.1, 0.15) is 79.6 Å². The summed E-state index contributed by atoms with van der Waals surface area (Å²) in [6, 6.07) is 0. The van der Waals surface area contributed by atoms with Gasteiger partial charge < -0.3 is 0 Å². The van der Waals surface area contributed by atoms with E-state index in [0.29, 0.717) is 5.41 Å². The Morgan fingerprint density at radius 1 is 1.05 bits per heavy atom. The molecule has 112 valence electrons. The molecule has 2 aliphatic carbocycles. The highest BCUT2D eigenvalue weighted by Gasteiger charge is 2.40. The molecule has 0 bridgehead atoms. The topological polar surface area (TPSA) is 0 Å². The van der Waals surface area contributed by atoms with Crippen molar-refractivity contribution in [2.45, 2.75) is 79.6 Å². The first-order chi connectivity index (χ1) is 9.42.